The van der Waals surface area contributed by atoms with E-state index in [0.717, 1.165) is 30.2 Å². The zero-order chi connectivity index (χ0) is 18.7. The van der Waals surface area contributed by atoms with E-state index < -0.39 is 0 Å². The lowest BCUT2D eigenvalue weighted by Crippen LogP contribution is -2.58. The van der Waals surface area contributed by atoms with E-state index in [1.165, 1.54) is 63.1 Å². The summed E-state index contributed by atoms with van der Waals surface area (Å²) in [7, 11) is 0. The summed E-state index contributed by atoms with van der Waals surface area (Å²) in [6, 6.07) is 5.62. The Morgan fingerprint density at radius 1 is 1.11 bits per heavy atom. The first-order chi connectivity index (χ1) is 13.2. The molecule has 1 aromatic rings. The number of hydrogen-bond acceptors (Lipinski definition) is 4. The van der Waals surface area contributed by atoms with Crippen LogP contribution < -0.4 is 10.6 Å². The fourth-order valence-corrected chi connectivity index (χ4v) is 5.54. The van der Waals surface area contributed by atoms with Crippen LogP contribution in [0, 0.1) is 0 Å². The number of thioether (sulfide) groups is 1. The Morgan fingerprint density at radius 3 is 2.63 bits per heavy atom. The minimum absolute atomic E-state index is 0.00341. The number of rotatable bonds is 4. The molecule has 0 aromatic heterocycles. The summed E-state index contributed by atoms with van der Waals surface area (Å²) in [5.74, 6) is 0.401. The monoisotopic (exact) mass is 387 g/mol. The predicted molar refractivity (Wildman–Crippen MR) is 109 cm³/mol. The smallest absolute Gasteiger partial charge is 0.251 e. The van der Waals surface area contributed by atoms with Crippen molar-refractivity contribution in [2.24, 2.45) is 0 Å². The quantitative estimate of drug-likeness (QED) is 0.828. The van der Waals surface area contributed by atoms with Gasteiger partial charge in [-0.1, -0.05) is 25.7 Å². The van der Waals surface area contributed by atoms with E-state index in [4.69, 9.17) is 0 Å². The zero-order valence-electron chi connectivity index (χ0n) is 15.9. The lowest BCUT2D eigenvalue weighted by atomic mass is 9.79. The topological polar surface area (TPSA) is 61.4 Å². The summed E-state index contributed by atoms with van der Waals surface area (Å²) in [6.45, 7) is 3.06. The van der Waals surface area contributed by atoms with Crippen LogP contribution in [-0.2, 0) is 4.79 Å². The van der Waals surface area contributed by atoms with E-state index >= 15 is 0 Å². The molecule has 0 bridgehead atoms. The lowest BCUT2D eigenvalue weighted by Gasteiger charge is -2.48. The van der Waals surface area contributed by atoms with E-state index in [0.29, 0.717) is 11.3 Å². The Balaban J connectivity index is 1.45. The Kier molecular flexibility index (Phi) is 5.74. The first-order valence-corrected chi connectivity index (χ1v) is 11.2. The van der Waals surface area contributed by atoms with Gasteiger partial charge in [0.1, 0.15) is 0 Å². The van der Waals surface area contributed by atoms with Crippen molar-refractivity contribution in [3.63, 3.8) is 0 Å². The number of piperidine rings is 1. The number of carbonyl (C=O) groups excluding carboxylic acids is 2. The molecule has 1 aromatic carbocycles. The van der Waals surface area contributed by atoms with Gasteiger partial charge in [0, 0.05) is 22.5 Å². The van der Waals surface area contributed by atoms with Crippen molar-refractivity contribution in [1.29, 1.82) is 0 Å². The average molecular weight is 388 g/mol. The van der Waals surface area contributed by atoms with Crippen molar-refractivity contribution < 1.29 is 9.59 Å². The van der Waals surface area contributed by atoms with Gasteiger partial charge < -0.3 is 10.6 Å². The van der Waals surface area contributed by atoms with E-state index in [1.54, 1.807) is 0 Å². The highest BCUT2D eigenvalue weighted by molar-refractivity contribution is 8.00. The molecular weight excluding hydrogens is 358 g/mol. The molecule has 0 unspecified atom stereocenters. The molecular formula is C21H29N3O2S. The number of fused-ring (bicyclic) bond motifs is 1. The summed E-state index contributed by atoms with van der Waals surface area (Å²) in [5.41, 5.74) is 1.51. The van der Waals surface area contributed by atoms with E-state index in [2.05, 4.69) is 15.5 Å². The van der Waals surface area contributed by atoms with Crippen molar-refractivity contribution in [3.8, 4) is 0 Å². The van der Waals surface area contributed by atoms with Crippen LogP contribution in [-0.4, -0.2) is 47.6 Å². The highest BCUT2D eigenvalue weighted by atomic mass is 32.2. The van der Waals surface area contributed by atoms with Crippen molar-refractivity contribution in [2.45, 2.75) is 61.8 Å². The maximum Gasteiger partial charge on any atom is 0.251 e. The third-order valence-corrected chi connectivity index (χ3v) is 7.34. The SMILES string of the molecule is O=C1CSc2ccc(C(=O)NCC3(N4CCCCC4)CCCCC3)cc2N1. The van der Waals surface area contributed by atoms with Gasteiger partial charge in [0.15, 0.2) is 0 Å². The Bertz CT molecular complexity index is 709. The molecule has 6 heteroatoms. The highest BCUT2D eigenvalue weighted by Gasteiger charge is 2.38. The summed E-state index contributed by atoms with van der Waals surface area (Å²) in [4.78, 5) is 28.1. The second-order valence-electron chi connectivity index (χ2n) is 8.06. The first-order valence-electron chi connectivity index (χ1n) is 10.3. The van der Waals surface area contributed by atoms with Gasteiger partial charge >= 0.3 is 0 Å². The van der Waals surface area contributed by atoms with E-state index in [9.17, 15) is 9.59 Å². The first kappa shape index (κ1) is 18.8. The van der Waals surface area contributed by atoms with Gasteiger partial charge in [0.2, 0.25) is 5.91 Å². The van der Waals surface area contributed by atoms with Crippen molar-refractivity contribution in [1.82, 2.24) is 10.2 Å². The third kappa shape index (κ3) is 4.16. The predicted octanol–water partition coefficient (Wildman–Crippen LogP) is 3.65. The average Bonchev–Trinajstić information content (AvgIpc) is 2.73. The number of nitrogens with zero attached hydrogens (tertiary/aromatic N) is 1. The van der Waals surface area contributed by atoms with Crippen LogP contribution in [0.25, 0.3) is 0 Å². The molecule has 0 atom stereocenters. The number of carbonyl (C=O) groups is 2. The zero-order valence-corrected chi connectivity index (χ0v) is 16.7. The molecule has 27 heavy (non-hydrogen) atoms. The second kappa shape index (κ2) is 8.23. The van der Waals surface area contributed by atoms with Gasteiger partial charge in [0.25, 0.3) is 5.91 Å². The standard InChI is InChI=1S/C21H29N3O2S/c25-19-14-27-18-8-7-16(13-17(18)23-19)20(26)22-15-21(9-3-1-4-10-21)24-11-5-2-6-12-24/h7-8,13H,1-6,9-12,14-15H2,(H,22,26)(H,23,25). The van der Waals surface area contributed by atoms with Gasteiger partial charge in [-0.2, -0.15) is 0 Å². The van der Waals surface area contributed by atoms with Gasteiger partial charge in [0.05, 0.1) is 11.4 Å². The summed E-state index contributed by atoms with van der Waals surface area (Å²) in [5, 5.41) is 6.10. The molecule has 2 aliphatic heterocycles. The van der Waals surface area contributed by atoms with Crippen LogP contribution in [0.2, 0.25) is 0 Å². The Morgan fingerprint density at radius 2 is 1.85 bits per heavy atom. The van der Waals surface area contributed by atoms with Crippen molar-refractivity contribution >= 4 is 29.3 Å². The van der Waals surface area contributed by atoms with Crippen molar-refractivity contribution in [2.75, 3.05) is 30.7 Å². The maximum atomic E-state index is 12.8. The van der Waals surface area contributed by atoms with E-state index in [1.807, 2.05) is 18.2 Å². The molecule has 1 saturated heterocycles. The molecule has 2 heterocycles. The Hall–Kier alpha value is -1.53. The fourth-order valence-electron chi connectivity index (χ4n) is 4.75. The van der Waals surface area contributed by atoms with E-state index in [-0.39, 0.29) is 17.4 Å². The van der Waals surface area contributed by atoms with Crippen LogP contribution in [0.15, 0.2) is 23.1 Å². The summed E-state index contributed by atoms with van der Waals surface area (Å²) < 4.78 is 0. The normalized spacial score (nSPS) is 22.6. The minimum atomic E-state index is -0.0374. The molecule has 4 rings (SSSR count). The van der Waals surface area contributed by atoms with Crippen molar-refractivity contribution in [3.05, 3.63) is 23.8 Å². The molecule has 2 amide bonds. The molecule has 0 spiro atoms. The maximum absolute atomic E-state index is 12.8. The number of benzene rings is 1. The number of amides is 2. The number of hydrogen-bond donors (Lipinski definition) is 2. The van der Waals surface area contributed by atoms with Crippen LogP contribution in [0.5, 0.6) is 0 Å². The lowest BCUT2D eigenvalue weighted by molar-refractivity contribution is -0.113. The van der Waals surface area contributed by atoms with Gasteiger partial charge in [-0.3, -0.25) is 14.5 Å². The fraction of sp³-hybridized carbons (Fsp3) is 0.619. The molecule has 1 saturated carbocycles. The number of nitrogens with one attached hydrogen (secondary N) is 2. The highest BCUT2D eigenvalue weighted by Crippen LogP contribution is 2.35. The molecule has 3 aliphatic rings. The van der Waals surface area contributed by atoms with Crippen LogP contribution >= 0.6 is 11.8 Å². The van der Waals surface area contributed by atoms with Crippen LogP contribution in [0.3, 0.4) is 0 Å². The molecule has 2 N–H and O–H groups in total. The van der Waals surface area contributed by atoms with Gasteiger partial charge in [-0.05, 0) is 57.0 Å². The minimum Gasteiger partial charge on any atom is -0.350 e. The molecule has 5 nitrogen and oxygen atoms in total. The van der Waals surface area contributed by atoms with Crippen LogP contribution in [0.4, 0.5) is 5.69 Å². The van der Waals surface area contributed by atoms with Crippen LogP contribution in [0.1, 0.15) is 61.7 Å². The number of likely N-dealkylation sites (tertiary alicyclic amines) is 1. The third-order valence-electron chi connectivity index (χ3n) is 6.26. The Labute approximate surface area is 165 Å². The largest absolute Gasteiger partial charge is 0.350 e. The van der Waals surface area contributed by atoms with Gasteiger partial charge in [-0.25, -0.2) is 0 Å². The molecule has 2 fully saturated rings. The van der Waals surface area contributed by atoms with Gasteiger partial charge in [-0.15, -0.1) is 11.8 Å². The summed E-state index contributed by atoms with van der Waals surface area (Å²) in [6.07, 6.45) is 10.1. The summed E-state index contributed by atoms with van der Waals surface area (Å²) >= 11 is 1.52. The molecule has 1 aliphatic carbocycles. The molecule has 0 radical (unpaired) electrons. The second-order valence-corrected chi connectivity index (χ2v) is 9.08. The number of anilines is 1. The molecule has 146 valence electrons.